The van der Waals surface area contributed by atoms with Crippen molar-refractivity contribution >= 4 is 0 Å². The topological polar surface area (TPSA) is 44.7 Å². The van der Waals surface area contributed by atoms with Gasteiger partial charge in [-0.2, -0.15) is 0 Å². The van der Waals surface area contributed by atoms with Crippen LogP contribution in [-0.4, -0.2) is 48.4 Å². The fraction of sp³-hybridized carbons (Fsp3) is 0.600. The largest absolute Gasteiger partial charge is 0.492 e. The predicted octanol–water partition coefficient (Wildman–Crippen LogP) is 0.994. The van der Waals surface area contributed by atoms with Gasteiger partial charge in [0.1, 0.15) is 12.4 Å². The molecule has 104 valence electrons. The number of nitrogens with one attached hydrogen (secondary N) is 1. The predicted molar refractivity (Wildman–Crippen MR) is 74.2 cm³/mol. The molecule has 1 aliphatic carbocycles. The number of ether oxygens (including phenoxy) is 1. The maximum Gasteiger partial charge on any atom is 0.123 e. The van der Waals surface area contributed by atoms with Crippen LogP contribution in [0.4, 0.5) is 0 Å². The van der Waals surface area contributed by atoms with E-state index in [9.17, 15) is 5.11 Å². The molecule has 1 atom stereocenters. The molecule has 0 spiro atoms. The number of nitrogens with zero attached hydrogens (tertiary/aromatic N) is 1. The molecule has 4 nitrogen and oxygen atoms in total. The molecule has 2 N–H and O–H groups in total. The molecule has 2 aliphatic rings. The quantitative estimate of drug-likeness (QED) is 0.831. The third-order valence-electron chi connectivity index (χ3n) is 3.78. The molecule has 1 fully saturated rings. The maximum atomic E-state index is 9.48. The Hall–Kier alpha value is -1.10. The van der Waals surface area contributed by atoms with E-state index in [2.05, 4.69) is 22.3 Å². The number of para-hydroxylation sites is 1. The van der Waals surface area contributed by atoms with Crippen LogP contribution in [0.5, 0.6) is 5.75 Å². The summed E-state index contributed by atoms with van der Waals surface area (Å²) in [5, 5.41) is 13.0. The monoisotopic (exact) mass is 262 g/mol. The number of rotatable bonds is 5. The summed E-state index contributed by atoms with van der Waals surface area (Å²) in [6.07, 6.45) is 2.50. The van der Waals surface area contributed by atoms with Crippen molar-refractivity contribution < 1.29 is 9.84 Å². The third kappa shape index (κ3) is 3.47. The summed E-state index contributed by atoms with van der Waals surface area (Å²) in [7, 11) is 0. The van der Waals surface area contributed by atoms with Crippen LogP contribution >= 0.6 is 0 Å². The Morgan fingerprint density at radius 1 is 1.37 bits per heavy atom. The summed E-state index contributed by atoms with van der Waals surface area (Å²) in [6, 6.07) is 9.03. The number of hydrogen-bond donors (Lipinski definition) is 2. The average molecular weight is 262 g/mol. The van der Waals surface area contributed by atoms with Gasteiger partial charge < -0.3 is 15.2 Å². The number of hydrogen-bond acceptors (Lipinski definition) is 4. The minimum Gasteiger partial charge on any atom is -0.492 e. The SMILES string of the molecule is OCC(CN1CCOc2ccccc2C1)NC1CC1. The Kier molecular flexibility index (Phi) is 4.01. The molecule has 0 saturated heterocycles. The van der Waals surface area contributed by atoms with Crippen molar-refractivity contribution in [1.82, 2.24) is 10.2 Å². The number of aliphatic hydroxyl groups excluding tert-OH is 1. The van der Waals surface area contributed by atoms with Gasteiger partial charge in [0.2, 0.25) is 0 Å². The molecular weight excluding hydrogens is 240 g/mol. The molecule has 1 heterocycles. The normalized spacial score (nSPS) is 21.3. The highest BCUT2D eigenvalue weighted by Gasteiger charge is 2.26. The highest BCUT2D eigenvalue weighted by atomic mass is 16.5. The van der Waals surface area contributed by atoms with E-state index in [1.54, 1.807) is 0 Å². The van der Waals surface area contributed by atoms with Gasteiger partial charge in [0.05, 0.1) is 6.61 Å². The van der Waals surface area contributed by atoms with E-state index in [0.717, 1.165) is 32.0 Å². The van der Waals surface area contributed by atoms with Gasteiger partial charge in [-0.1, -0.05) is 18.2 Å². The van der Waals surface area contributed by atoms with Crippen molar-refractivity contribution in [2.75, 3.05) is 26.3 Å². The smallest absolute Gasteiger partial charge is 0.123 e. The Morgan fingerprint density at radius 3 is 3.00 bits per heavy atom. The highest BCUT2D eigenvalue weighted by molar-refractivity contribution is 5.33. The molecule has 1 aliphatic heterocycles. The second kappa shape index (κ2) is 5.90. The first-order chi connectivity index (χ1) is 9.35. The first-order valence-electron chi connectivity index (χ1n) is 7.15. The van der Waals surface area contributed by atoms with E-state index in [1.165, 1.54) is 18.4 Å². The van der Waals surface area contributed by atoms with Gasteiger partial charge in [0.15, 0.2) is 0 Å². The Bertz CT molecular complexity index is 420. The lowest BCUT2D eigenvalue weighted by molar-refractivity contribution is 0.165. The van der Waals surface area contributed by atoms with Gasteiger partial charge in [0.25, 0.3) is 0 Å². The Morgan fingerprint density at radius 2 is 2.21 bits per heavy atom. The molecular formula is C15H22N2O2. The molecule has 0 bridgehead atoms. The lowest BCUT2D eigenvalue weighted by Gasteiger charge is -2.25. The van der Waals surface area contributed by atoms with E-state index < -0.39 is 0 Å². The second-order valence-electron chi connectivity index (χ2n) is 5.51. The fourth-order valence-electron chi connectivity index (χ4n) is 2.59. The molecule has 0 amide bonds. The van der Waals surface area contributed by atoms with Crippen molar-refractivity contribution in [3.8, 4) is 5.75 Å². The zero-order valence-corrected chi connectivity index (χ0v) is 11.2. The minimum absolute atomic E-state index is 0.178. The molecule has 1 saturated carbocycles. The number of aliphatic hydroxyl groups is 1. The van der Waals surface area contributed by atoms with Gasteiger partial charge in [-0.3, -0.25) is 4.90 Å². The summed E-state index contributed by atoms with van der Waals surface area (Å²) < 4.78 is 5.76. The van der Waals surface area contributed by atoms with Gasteiger partial charge in [-0.05, 0) is 18.9 Å². The molecule has 19 heavy (non-hydrogen) atoms. The van der Waals surface area contributed by atoms with Crippen molar-refractivity contribution in [2.24, 2.45) is 0 Å². The Labute approximate surface area is 114 Å². The van der Waals surface area contributed by atoms with Crippen molar-refractivity contribution in [2.45, 2.75) is 31.5 Å². The zero-order chi connectivity index (χ0) is 13.1. The fourth-order valence-corrected chi connectivity index (χ4v) is 2.59. The zero-order valence-electron chi connectivity index (χ0n) is 11.2. The maximum absolute atomic E-state index is 9.48. The van der Waals surface area contributed by atoms with Crippen LogP contribution in [0, 0.1) is 0 Å². The lowest BCUT2D eigenvalue weighted by Crippen LogP contribution is -2.44. The van der Waals surface area contributed by atoms with Crippen LogP contribution in [0.1, 0.15) is 18.4 Å². The van der Waals surface area contributed by atoms with Gasteiger partial charge in [-0.25, -0.2) is 0 Å². The van der Waals surface area contributed by atoms with E-state index in [0.29, 0.717) is 6.04 Å². The first kappa shape index (κ1) is 12.9. The molecule has 1 aromatic rings. The van der Waals surface area contributed by atoms with Gasteiger partial charge in [-0.15, -0.1) is 0 Å². The van der Waals surface area contributed by atoms with E-state index >= 15 is 0 Å². The molecule has 0 radical (unpaired) electrons. The molecule has 0 aromatic heterocycles. The third-order valence-corrected chi connectivity index (χ3v) is 3.78. The van der Waals surface area contributed by atoms with Crippen molar-refractivity contribution in [3.05, 3.63) is 29.8 Å². The van der Waals surface area contributed by atoms with Crippen LogP contribution in [0.2, 0.25) is 0 Å². The summed E-state index contributed by atoms with van der Waals surface area (Å²) in [6.45, 7) is 3.62. The average Bonchev–Trinajstić information content (AvgIpc) is 3.24. The summed E-state index contributed by atoms with van der Waals surface area (Å²) in [4.78, 5) is 2.36. The first-order valence-corrected chi connectivity index (χ1v) is 7.15. The minimum atomic E-state index is 0.178. The molecule has 3 rings (SSSR count). The van der Waals surface area contributed by atoms with Crippen LogP contribution in [0.3, 0.4) is 0 Å². The summed E-state index contributed by atoms with van der Waals surface area (Å²) in [5.41, 5.74) is 1.24. The second-order valence-corrected chi connectivity index (χ2v) is 5.51. The molecule has 1 aromatic carbocycles. The Balaban J connectivity index is 1.61. The van der Waals surface area contributed by atoms with Gasteiger partial charge >= 0.3 is 0 Å². The van der Waals surface area contributed by atoms with E-state index in [1.807, 2.05) is 12.1 Å². The van der Waals surface area contributed by atoms with Crippen molar-refractivity contribution in [1.29, 1.82) is 0 Å². The number of fused-ring (bicyclic) bond motifs is 1. The molecule has 1 unspecified atom stereocenters. The van der Waals surface area contributed by atoms with Crippen LogP contribution < -0.4 is 10.1 Å². The van der Waals surface area contributed by atoms with Crippen LogP contribution in [0.15, 0.2) is 24.3 Å². The van der Waals surface area contributed by atoms with E-state index in [4.69, 9.17) is 4.74 Å². The lowest BCUT2D eigenvalue weighted by atomic mass is 10.2. The van der Waals surface area contributed by atoms with Crippen molar-refractivity contribution in [3.63, 3.8) is 0 Å². The van der Waals surface area contributed by atoms with Crippen LogP contribution in [0.25, 0.3) is 0 Å². The van der Waals surface area contributed by atoms with Crippen LogP contribution in [-0.2, 0) is 6.54 Å². The standard InChI is InChI=1S/C15H22N2O2/c18-11-14(16-13-5-6-13)10-17-7-8-19-15-4-2-1-3-12(15)9-17/h1-4,13-14,16,18H,5-11H2. The summed E-state index contributed by atoms with van der Waals surface area (Å²) in [5.74, 6) is 1.00. The van der Waals surface area contributed by atoms with Gasteiger partial charge in [0, 0.05) is 37.3 Å². The molecule has 4 heteroatoms. The van der Waals surface area contributed by atoms with E-state index in [-0.39, 0.29) is 12.6 Å². The summed E-state index contributed by atoms with van der Waals surface area (Å²) >= 11 is 0. The number of benzene rings is 1. The highest BCUT2D eigenvalue weighted by Crippen LogP contribution is 2.23.